The van der Waals surface area contributed by atoms with Crippen molar-refractivity contribution >= 4 is 23.5 Å². The van der Waals surface area contributed by atoms with Gasteiger partial charge in [0, 0.05) is 17.6 Å². The van der Waals surface area contributed by atoms with Gasteiger partial charge in [0.2, 0.25) is 5.91 Å². The van der Waals surface area contributed by atoms with E-state index in [9.17, 15) is 9.59 Å². The fourth-order valence-corrected chi connectivity index (χ4v) is 1.93. The van der Waals surface area contributed by atoms with Gasteiger partial charge in [-0.3, -0.25) is 10.1 Å². The maximum absolute atomic E-state index is 11.6. The van der Waals surface area contributed by atoms with Gasteiger partial charge in [0.05, 0.1) is 6.54 Å². The van der Waals surface area contributed by atoms with Crippen LogP contribution in [0.15, 0.2) is 24.3 Å². The lowest BCUT2D eigenvalue weighted by atomic mass is 10.1. The van der Waals surface area contributed by atoms with Gasteiger partial charge in [0.15, 0.2) is 0 Å². The molecule has 0 aliphatic carbocycles. The van der Waals surface area contributed by atoms with E-state index < -0.39 is 6.03 Å². The first-order valence-electron chi connectivity index (χ1n) is 7.09. The molecule has 0 fully saturated rings. The van der Waals surface area contributed by atoms with Crippen LogP contribution in [0.3, 0.4) is 0 Å². The highest BCUT2D eigenvalue weighted by atomic mass is 35.5. The van der Waals surface area contributed by atoms with E-state index >= 15 is 0 Å². The molecule has 5 nitrogen and oxygen atoms in total. The van der Waals surface area contributed by atoms with Crippen LogP contribution in [-0.2, 0) is 4.79 Å². The van der Waals surface area contributed by atoms with Gasteiger partial charge in [0.1, 0.15) is 0 Å². The number of amides is 3. The zero-order valence-electron chi connectivity index (χ0n) is 12.4. The Hall–Kier alpha value is -1.59. The molecule has 3 N–H and O–H groups in total. The van der Waals surface area contributed by atoms with Crippen LogP contribution in [0.2, 0.25) is 5.02 Å². The van der Waals surface area contributed by atoms with Crippen LogP contribution in [0.25, 0.3) is 0 Å². The molecule has 0 saturated heterocycles. The average Bonchev–Trinajstić information content (AvgIpc) is 2.45. The second-order valence-electron chi connectivity index (χ2n) is 4.82. The topological polar surface area (TPSA) is 70.2 Å². The number of urea groups is 1. The Morgan fingerprint density at radius 1 is 1.33 bits per heavy atom. The smallest absolute Gasteiger partial charge is 0.321 e. The number of carbonyl (C=O) groups is 2. The molecule has 1 aromatic carbocycles. The van der Waals surface area contributed by atoms with E-state index in [1.807, 2.05) is 32.0 Å². The summed E-state index contributed by atoms with van der Waals surface area (Å²) in [5.74, 6) is -0.363. The molecule has 1 atom stereocenters. The van der Waals surface area contributed by atoms with E-state index in [0.717, 1.165) is 18.4 Å². The van der Waals surface area contributed by atoms with Gasteiger partial charge < -0.3 is 10.6 Å². The highest BCUT2D eigenvalue weighted by Gasteiger charge is 2.10. The fourth-order valence-electron chi connectivity index (χ4n) is 1.73. The Morgan fingerprint density at radius 2 is 2.10 bits per heavy atom. The molecular formula is C15H22ClN3O2. The van der Waals surface area contributed by atoms with Gasteiger partial charge in [-0.2, -0.15) is 0 Å². The largest absolute Gasteiger partial charge is 0.338 e. The van der Waals surface area contributed by atoms with Gasteiger partial charge in [-0.25, -0.2) is 4.79 Å². The first-order valence-corrected chi connectivity index (χ1v) is 7.47. The Bertz CT molecular complexity index is 480. The minimum absolute atomic E-state index is 0.0300. The van der Waals surface area contributed by atoms with Crippen LogP contribution < -0.4 is 16.0 Å². The number of benzene rings is 1. The molecule has 0 saturated carbocycles. The maximum atomic E-state index is 11.6. The Kier molecular flexibility index (Phi) is 7.79. The third-order valence-corrected chi connectivity index (χ3v) is 3.22. The van der Waals surface area contributed by atoms with Gasteiger partial charge in [-0.15, -0.1) is 0 Å². The van der Waals surface area contributed by atoms with Gasteiger partial charge >= 0.3 is 6.03 Å². The van der Waals surface area contributed by atoms with Crippen molar-refractivity contribution in [1.29, 1.82) is 0 Å². The second-order valence-corrected chi connectivity index (χ2v) is 5.25. The lowest BCUT2D eigenvalue weighted by Crippen LogP contribution is -2.44. The SMILES string of the molecule is CCCCNC(=O)NC(=O)CN[C@@H](C)c1cccc(Cl)c1. The highest BCUT2D eigenvalue weighted by molar-refractivity contribution is 6.30. The van der Waals surface area contributed by atoms with Crippen LogP contribution in [0.5, 0.6) is 0 Å². The van der Waals surface area contributed by atoms with Crippen LogP contribution in [0.1, 0.15) is 38.3 Å². The summed E-state index contributed by atoms with van der Waals surface area (Å²) in [6.07, 6.45) is 1.89. The molecule has 0 spiro atoms. The predicted molar refractivity (Wildman–Crippen MR) is 84.3 cm³/mol. The van der Waals surface area contributed by atoms with Crippen LogP contribution >= 0.6 is 11.6 Å². The predicted octanol–water partition coefficient (Wildman–Crippen LogP) is 2.62. The summed E-state index contributed by atoms with van der Waals surface area (Å²) in [7, 11) is 0. The molecule has 6 heteroatoms. The van der Waals surface area contributed by atoms with Crippen molar-refractivity contribution in [2.45, 2.75) is 32.7 Å². The lowest BCUT2D eigenvalue weighted by molar-refractivity contribution is -0.119. The number of unbranched alkanes of at least 4 members (excludes halogenated alkanes) is 1. The van der Waals surface area contributed by atoms with Gasteiger partial charge in [-0.05, 0) is 31.0 Å². The number of rotatable bonds is 7. The zero-order chi connectivity index (χ0) is 15.7. The molecule has 116 valence electrons. The quantitative estimate of drug-likeness (QED) is 0.678. The summed E-state index contributed by atoms with van der Waals surface area (Å²) in [5, 5.41) is 8.61. The average molecular weight is 312 g/mol. The van der Waals surface area contributed by atoms with E-state index in [1.54, 1.807) is 6.07 Å². The summed E-state index contributed by atoms with van der Waals surface area (Å²) in [5.41, 5.74) is 0.989. The third-order valence-electron chi connectivity index (χ3n) is 2.99. The van der Waals surface area contributed by atoms with Crippen LogP contribution in [0, 0.1) is 0 Å². The molecule has 0 aromatic heterocycles. The zero-order valence-corrected chi connectivity index (χ0v) is 13.2. The van der Waals surface area contributed by atoms with Crippen molar-refractivity contribution in [1.82, 2.24) is 16.0 Å². The number of hydrogen-bond donors (Lipinski definition) is 3. The van der Waals surface area contributed by atoms with Crippen molar-refractivity contribution in [3.63, 3.8) is 0 Å². The van der Waals surface area contributed by atoms with Crippen LogP contribution in [-0.4, -0.2) is 25.0 Å². The normalized spacial score (nSPS) is 11.8. The molecule has 0 aliphatic heterocycles. The lowest BCUT2D eigenvalue weighted by Gasteiger charge is -2.14. The summed E-state index contributed by atoms with van der Waals surface area (Å²) >= 11 is 5.92. The monoisotopic (exact) mass is 311 g/mol. The van der Waals surface area contributed by atoms with Crippen molar-refractivity contribution in [3.05, 3.63) is 34.9 Å². The van der Waals surface area contributed by atoms with Crippen molar-refractivity contribution < 1.29 is 9.59 Å². The third kappa shape index (κ3) is 7.11. The second kappa shape index (κ2) is 9.37. The Balaban J connectivity index is 2.30. The minimum atomic E-state index is -0.453. The fraction of sp³-hybridized carbons (Fsp3) is 0.467. The molecule has 1 aromatic rings. The Morgan fingerprint density at radius 3 is 2.76 bits per heavy atom. The summed E-state index contributed by atoms with van der Waals surface area (Å²) in [6.45, 7) is 4.60. The van der Waals surface area contributed by atoms with E-state index in [2.05, 4.69) is 16.0 Å². The molecule has 0 heterocycles. The molecule has 3 amide bonds. The maximum Gasteiger partial charge on any atom is 0.321 e. The van der Waals surface area contributed by atoms with Crippen molar-refractivity contribution in [3.8, 4) is 0 Å². The first-order chi connectivity index (χ1) is 10.0. The first kappa shape index (κ1) is 17.5. The molecule has 0 aliphatic rings. The number of carbonyl (C=O) groups excluding carboxylic acids is 2. The van der Waals surface area contributed by atoms with Crippen LogP contribution in [0.4, 0.5) is 4.79 Å². The van der Waals surface area contributed by atoms with E-state index in [0.29, 0.717) is 11.6 Å². The number of nitrogens with one attached hydrogen (secondary N) is 3. The van der Waals surface area contributed by atoms with E-state index in [1.165, 1.54) is 0 Å². The molecule has 0 unspecified atom stereocenters. The summed E-state index contributed by atoms with van der Waals surface area (Å²) in [6, 6.07) is 6.94. The number of halogens is 1. The number of hydrogen-bond acceptors (Lipinski definition) is 3. The Labute approximate surface area is 130 Å². The molecule has 21 heavy (non-hydrogen) atoms. The summed E-state index contributed by atoms with van der Waals surface area (Å²) < 4.78 is 0. The van der Waals surface area contributed by atoms with Gasteiger partial charge in [0.25, 0.3) is 0 Å². The summed E-state index contributed by atoms with van der Waals surface area (Å²) in [4.78, 5) is 23.0. The van der Waals surface area contributed by atoms with Crippen molar-refractivity contribution in [2.75, 3.05) is 13.1 Å². The molecular weight excluding hydrogens is 290 g/mol. The van der Waals surface area contributed by atoms with Crippen molar-refractivity contribution in [2.24, 2.45) is 0 Å². The molecule has 0 bridgehead atoms. The van der Waals surface area contributed by atoms with E-state index in [-0.39, 0.29) is 18.5 Å². The van der Waals surface area contributed by atoms with E-state index in [4.69, 9.17) is 11.6 Å². The highest BCUT2D eigenvalue weighted by Crippen LogP contribution is 2.16. The number of imide groups is 1. The standard InChI is InChI=1S/C15H22ClN3O2/c1-3-4-8-17-15(21)19-14(20)10-18-11(2)12-6-5-7-13(16)9-12/h5-7,9,11,18H,3-4,8,10H2,1-2H3,(H2,17,19,20,21)/t11-/m0/s1. The molecule has 1 rings (SSSR count). The minimum Gasteiger partial charge on any atom is -0.338 e. The molecule has 0 radical (unpaired) electrons. The van der Waals surface area contributed by atoms with Gasteiger partial charge in [-0.1, -0.05) is 37.1 Å².